The monoisotopic (exact) mass is 450 g/mol. The molecule has 0 aliphatic heterocycles. The standard InChI is InChI=1S/C25H18N6OS/c1-13-5-7-14(8-6-13)23-29-22-17(25-27-9-10-33-25)11-16(21(26)20(22)24(32)30-23)15-3-2-4-19-18(15)12-28-31-19/h2-12H,26H2,1H3,(H,28,31)(H,29,30,32). The van der Waals surface area contributed by atoms with E-state index in [4.69, 9.17) is 10.7 Å². The van der Waals surface area contributed by atoms with E-state index in [1.807, 2.05) is 60.8 Å². The number of aryl methyl sites for hydroxylation is 1. The highest BCUT2D eigenvalue weighted by atomic mass is 32.1. The van der Waals surface area contributed by atoms with E-state index in [0.717, 1.165) is 43.7 Å². The maximum Gasteiger partial charge on any atom is 0.261 e. The van der Waals surface area contributed by atoms with Crippen molar-refractivity contribution in [2.45, 2.75) is 6.92 Å². The van der Waals surface area contributed by atoms with Crippen molar-refractivity contribution in [2.24, 2.45) is 0 Å². The highest BCUT2D eigenvalue weighted by Crippen LogP contribution is 2.40. The number of rotatable bonds is 3. The number of thiazole rings is 1. The first kappa shape index (κ1) is 19.4. The van der Waals surface area contributed by atoms with Crippen molar-refractivity contribution in [1.82, 2.24) is 25.1 Å². The summed E-state index contributed by atoms with van der Waals surface area (Å²) in [5.41, 5.74) is 12.5. The topological polar surface area (TPSA) is 113 Å². The fourth-order valence-corrected chi connectivity index (χ4v) is 4.79. The Morgan fingerprint density at radius 2 is 1.88 bits per heavy atom. The molecule has 0 spiro atoms. The minimum Gasteiger partial charge on any atom is -0.398 e. The van der Waals surface area contributed by atoms with Crippen molar-refractivity contribution in [3.63, 3.8) is 0 Å². The summed E-state index contributed by atoms with van der Waals surface area (Å²) in [5.74, 6) is 0.495. The SMILES string of the molecule is Cc1ccc(-c2nc3c(-c4nccs4)cc(-c4cccc5[nH]ncc45)c(N)c3c(=O)[nH]2)cc1. The zero-order valence-electron chi connectivity index (χ0n) is 17.6. The summed E-state index contributed by atoms with van der Waals surface area (Å²) in [4.78, 5) is 25.7. The summed E-state index contributed by atoms with van der Waals surface area (Å²) in [7, 11) is 0. The number of nitrogens with two attached hydrogens (primary N) is 1. The third-order valence-corrected chi connectivity index (χ3v) is 6.59. The van der Waals surface area contributed by atoms with Gasteiger partial charge in [0.15, 0.2) is 0 Å². The molecule has 3 aromatic carbocycles. The van der Waals surface area contributed by atoms with E-state index in [9.17, 15) is 4.79 Å². The molecule has 0 fully saturated rings. The van der Waals surface area contributed by atoms with Gasteiger partial charge in [0.25, 0.3) is 5.56 Å². The molecule has 8 heteroatoms. The van der Waals surface area contributed by atoms with Crippen molar-refractivity contribution in [1.29, 1.82) is 0 Å². The molecule has 160 valence electrons. The van der Waals surface area contributed by atoms with Crippen molar-refractivity contribution in [2.75, 3.05) is 5.73 Å². The van der Waals surface area contributed by atoms with Crippen LogP contribution < -0.4 is 11.3 Å². The number of aromatic amines is 2. The van der Waals surface area contributed by atoms with Crippen molar-refractivity contribution >= 4 is 38.8 Å². The lowest BCUT2D eigenvalue weighted by Crippen LogP contribution is -2.13. The molecule has 3 aromatic heterocycles. The van der Waals surface area contributed by atoms with E-state index < -0.39 is 0 Å². The third-order valence-electron chi connectivity index (χ3n) is 5.79. The predicted octanol–water partition coefficient (Wildman–Crippen LogP) is 5.15. The number of anilines is 1. The Morgan fingerprint density at radius 3 is 2.67 bits per heavy atom. The van der Waals surface area contributed by atoms with Gasteiger partial charge < -0.3 is 10.7 Å². The second-order valence-corrected chi connectivity index (χ2v) is 8.76. The van der Waals surface area contributed by atoms with E-state index in [1.54, 1.807) is 12.4 Å². The highest BCUT2D eigenvalue weighted by molar-refractivity contribution is 7.13. The summed E-state index contributed by atoms with van der Waals surface area (Å²) in [6, 6.07) is 15.7. The van der Waals surface area contributed by atoms with Crippen molar-refractivity contribution in [3.8, 4) is 33.1 Å². The number of hydrogen-bond donors (Lipinski definition) is 3. The number of fused-ring (bicyclic) bond motifs is 2. The van der Waals surface area contributed by atoms with Crippen LogP contribution in [0.15, 0.2) is 71.1 Å². The molecule has 4 N–H and O–H groups in total. The molecule has 0 unspecified atom stereocenters. The number of aromatic nitrogens is 5. The molecular weight excluding hydrogens is 432 g/mol. The first-order valence-corrected chi connectivity index (χ1v) is 11.2. The Hall–Kier alpha value is -4.30. The van der Waals surface area contributed by atoms with Gasteiger partial charge in [0.05, 0.1) is 28.3 Å². The van der Waals surface area contributed by atoms with E-state index in [2.05, 4.69) is 20.2 Å². The Labute approximate surface area is 192 Å². The number of hydrogen-bond acceptors (Lipinski definition) is 6. The van der Waals surface area contributed by atoms with Gasteiger partial charge in [-0.05, 0) is 24.6 Å². The number of benzene rings is 3. The van der Waals surface area contributed by atoms with E-state index >= 15 is 0 Å². The molecular formula is C25H18N6OS. The first-order valence-electron chi connectivity index (χ1n) is 10.4. The lowest BCUT2D eigenvalue weighted by atomic mass is 9.95. The molecule has 0 saturated carbocycles. The Kier molecular flexibility index (Phi) is 4.34. The number of nitrogens with zero attached hydrogens (tertiary/aromatic N) is 3. The fraction of sp³-hybridized carbons (Fsp3) is 0.0400. The predicted molar refractivity (Wildman–Crippen MR) is 133 cm³/mol. The average Bonchev–Trinajstić information content (AvgIpc) is 3.52. The normalized spacial score (nSPS) is 11.4. The lowest BCUT2D eigenvalue weighted by Gasteiger charge is -2.14. The van der Waals surface area contributed by atoms with E-state index in [-0.39, 0.29) is 5.56 Å². The van der Waals surface area contributed by atoms with Crippen LogP contribution in [0.3, 0.4) is 0 Å². The summed E-state index contributed by atoms with van der Waals surface area (Å²) in [6.45, 7) is 2.02. The Morgan fingerprint density at radius 1 is 1.03 bits per heavy atom. The molecule has 7 nitrogen and oxygen atoms in total. The Bertz CT molecular complexity index is 1700. The minimum absolute atomic E-state index is 0.285. The first-order chi connectivity index (χ1) is 16.1. The van der Waals surface area contributed by atoms with Crippen molar-refractivity contribution < 1.29 is 0 Å². The Balaban J connectivity index is 1.70. The van der Waals surface area contributed by atoms with E-state index in [0.29, 0.717) is 22.4 Å². The second-order valence-electron chi connectivity index (χ2n) is 7.86. The van der Waals surface area contributed by atoms with Crippen LogP contribution in [0.25, 0.3) is 54.9 Å². The van der Waals surface area contributed by atoms with Gasteiger partial charge in [-0.25, -0.2) is 9.97 Å². The molecule has 0 aliphatic carbocycles. The van der Waals surface area contributed by atoms with Gasteiger partial charge in [0, 0.05) is 33.7 Å². The zero-order chi connectivity index (χ0) is 22.5. The maximum absolute atomic E-state index is 13.4. The molecule has 0 bridgehead atoms. The fourth-order valence-electron chi connectivity index (χ4n) is 4.14. The van der Waals surface area contributed by atoms with Gasteiger partial charge in [0.1, 0.15) is 10.8 Å². The van der Waals surface area contributed by atoms with Gasteiger partial charge in [-0.2, -0.15) is 5.10 Å². The average molecular weight is 451 g/mol. The van der Waals surface area contributed by atoms with Gasteiger partial charge in [-0.15, -0.1) is 11.3 Å². The van der Waals surface area contributed by atoms with Crippen LogP contribution >= 0.6 is 11.3 Å². The summed E-state index contributed by atoms with van der Waals surface area (Å²) in [5, 5.41) is 11.1. The molecule has 0 amide bonds. The largest absolute Gasteiger partial charge is 0.398 e. The summed E-state index contributed by atoms with van der Waals surface area (Å²) >= 11 is 1.49. The molecule has 0 radical (unpaired) electrons. The van der Waals surface area contributed by atoms with Crippen LogP contribution in [-0.2, 0) is 0 Å². The summed E-state index contributed by atoms with van der Waals surface area (Å²) < 4.78 is 0. The zero-order valence-corrected chi connectivity index (χ0v) is 18.4. The van der Waals surface area contributed by atoms with Crippen LogP contribution in [0.4, 0.5) is 5.69 Å². The van der Waals surface area contributed by atoms with E-state index in [1.165, 1.54) is 11.3 Å². The minimum atomic E-state index is -0.285. The van der Waals surface area contributed by atoms with Crippen LogP contribution in [-0.4, -0.2) is 25.1 Å². The maximum atomic E-state index is 13.4. The third kappa shape index (κ3) is 3.11. The van der Waals surface area contributed by atoms with Gasteiger partial charge in [0.2, 0.25) is 0 Å². The van der Waals surface area contributed by atoms with Crippen LogP contribution in [0.5, 0.6) is 0 Å². The second kappa shape index (κ2) is 7.39. The molecule has 33 heavy (non-hydrogen) atoms. The molecule has 6 aromatic rings. The quantitative estimate of drug-likeness (QED) is 0.323. The number of nitrogen functional groups attached to an aromatic ring is 1. The lowest BCUT2D eigenvalue weighted by molar-refractivity contribution is 1.12. The molecule has 6 rings (SSSR count). The van der Waals surface area contributed by atoms with Crippen LogP contribution in [0, 0.1) is 6.92 Å². The van der Waals surface area contributed by atoms with Crippen LogP contribution in [0.1, 0.15) is 5.56 Å². The molecule has 0 aliphatic rings. The van der Waals surface area contributed by atoms with Crippen LogP contribution in [0.2, 0.25) is 0 Å². The number of nitrogens with one attached hydrogen (secondary N) is 2. The molecule has 3 heterocycles. The molecule has 0 atom stereocenters. The number of H-pyrrole nitrogens is 2. The van der Waals surface area contributed by atoms with Crippen molar-refractivity contribution in [3.05, 3.63) is 82.2 Å². The van der Waals surface area contributed by atoms with Gasteiger partial charge in [-0.3, -0.25) is 9.89 Å². The smallest absolute Gasteiger partial charge is 0.261 e. The van der Waals surface area contributed by atoms with Gasteiger partial charge >= 0.3 is 0 Å². The highest BCUT2D eigenvalue weighted by Gasteiger charge is 2.20. The summed E-state index contributed by atoms with van der Waals surface area (Å²) in [6.07, 6.45) is 3.51. The molecule has 0 saturated heterocycles. The van der Waals surface area contributed by atoms with Gasteiger partial charge in [-0.1, -0.05) is 42.0 Å².